The van der Waals surface area contributed by atoms with Crippen LogP contribution in [0.15, 0.2) is 53.1 Å². The third-order valence-corrected chi connectivity index (χ3v) is 5.02. The lowest BCUT2D eigenvalue weighted by molar-refractivity contribution is -0.660. The predicted octanol–water partition coefficient (Wildman–Crippen LogP) is 6.11. The summed E-state index contributed by atoms with van der Waals surface area (Å²) in [6, 6.07) is 13.4. The molecule has 4 aromatic rings. The fourth-order valence-corrected chi connectivity index (χ4v) is 3.81. The van der Waals surface area contributed by atoms with Gasteiger partial charge in [0, 0.05) is 29.0 Å². The average Bonchev–Trinajstić information content (AvgIpc) is 2.93. The van der Waals surface area contributed by atoms with Gasteiger partial charge in [-0.2, -0.15) is 0 Å². The van der Waals surface area contributed by atoms with Crippen molar-refractivity contribution >= 4 is 21.9 Å². The van der Waals surface area contributed by atoms with Gasteiger partial charge in [0.15, 0.2) is 6.20 Å². The number of pyridine rings is 1. The molecule has 2 aromatic carbocycles. The molecule has 0 saturated heterocycles. The van der Waals surface area contributed by atoms with Crippen LogP contribution in [0.25, 0.3) is 33.2 Å². The predicted molar refractivity (Wildman–Crippen MR) is 108 cm³/mol. The van der Waals surface area contributed by atoms with Crippen molar-refractivity contribution < 1.29 is 13.4 Å². The van der Waals surface area contributed by atoms with Gasteiger partial charge in [-0.05, 0) is 42.0 Å². The van der Waals surface area contributed by atoms with Gasteiger partial charge in [-0.3, -0.25) is 0 Å². The van der Waals surface area contributed by atoms with Crippen LogP contribution >= 0.6 is 0 Å². The third kappa shape index (κ3) is 3.23. The molecule has 0 N–H and O–H groups in total. The van der Waals surface area contributed by atoms with E-state index in [0.717, 1.165) is 39.6 Å². The van der Waals surface area contributed by atoms with Crippen LogP contribution in [0, 0.1) is 18.2 Å². The molecule has 0 saturated carbocycles. The molecule has 0 unspecified atom stereocenters. The Morgan fingerprint density at radius 1 is 1.00 bits per heavy atom. The molecule has 0 aliphatic rings. The molecule has 0 aliphatic carbocycles. The van der Waals surface area contributed by atoms with Gasteiger partial charge in [-0.1, -0.05) is 32.9 Å². The second-order valence-electron chi connectivity index (χ2n) is 8.65. The lowest BCUT2D eigenvalue weighted by atomic mass is 9.88. The van der Waals surface area contributed by atoms with E-state index >= 15 is 0 Å². The molecule has 3 heteroatoms. The van der Waals surface area contributed by atoms with Gasteiger partial charge in [-0.15, -0.1) is 0 Å². The van der Waals surface area contributed by atoms with Crippen molar-refractivity contribution in [1.82, 2.24) is 0 Å². The van der Waals surface area contributed by atoms with Crippen molar-refractivity contribution in [1.29, 1.82) is 0 Å². The van der Waals surface area contributed by atoms with E-state index in [1.54, 1.807) is 6.07 Å². The van der Waals surface area contributed by atoms with E-state index in [-0.39, 0.29) is 11.2 Å². The summed E-state index contributed by atoms with van der Waals surface area (Å²) in [5.41, 5.74) is 6.25. The number of fused-ring (bicyclic) bond motifs is 3. The number of aromatic nitrogens is 1. The molecule has 2 nitrogen and oxygen atoms in total. The molecule has 2 heterocycles. The number of hydrogen-bond acceptors (Lipinski definition) is 1. The first-order valence-corrected chi connectivity index (χ1v) is 9.33. The second-order valence-corrected chi connectivity index (χ2v) is 8.65. The molecule has 0 atom stereocenters. The molecule has 0 spiro atoms. The van der Waals surface area contributed by atoms with Gasteiger partial charge in [0.25, 0.3) is 0 Å². The van der Waals surface area contributed by atoms with Gasteiger partial charge in [0.2, 0.25) is 5.69 Å². The summed E-state index contributed by atoms with van der Waals surface area (Å²) in [5, 5.41) is 1.97. The lowest BCUT2D eigenvalue weighted by Crippen LogP contribution is -2.31. The van der Waals surface area contributed by atoms with E-state index in [0.29, 0.717) is 5.58 Å². The zero-order chi connectivity index (χ0) is 19.3. The summed E-state index contributed by atoms with van der Waals surface area (Å²) in [7, 11) is 2.05. The molecule has 0 radical (unpaired) electrons. The normalized spacial score (nSPS) is 12.2. The second kappa shape index (κ2) is 6.19. The summed E-state index contributed by atoms with van der Waals surface area (Å²) < 4.78 is 21.9. The minimum atomic E-state index is -0.280. The maximum Gasteiger partial charge on any atom is 0.216 e. The fourth-order valence-electron chi connectivity index (χ4n) is 3.81. The first kappa shape index (κ1) is 17.7. The first-order chi connectivity index (χ1) is 12.7. The molecule has 0 bridgehead atoms. The Labute approximate surface area is 159 Å². The number of halogens is 1. The Hall–Kier alpha value is -2.68. The minimum absolute atomic E-state index is 0.217. The standard InChI is InChI=1S/C24H25FNO/c1-15-6-8-19-18-9-7-17(25)13-21(18)27-23(19)22(15)20-12-16(10-11-26(20)5)14-24(2,3)4/h6-13H,14H2,1-5H3/q+1. The summed E-state index contributed by atoms with van der Waals surface area (Å²) in [4.78, 5) is 0. The summed E-state index contributed by atoms with van der Waals surface area (Å²) in [5.74, 6) is -0.280. The Morgan fingerprint density at radius 3 is 2.48 bits per heavy atom. The van der Waals surface area contributed by atoms with Crippen LogP contribution in [0.2, 0.25) is 0 Å². The van der Waals surface area contributed by atoms with Gasteiger partial charge < -0.3 is 4.42 Å². The maximum absolute atomic E-state index is 13.7. The molecule has 0 amide bonds. The number of benzene rings is 2. The molecule has 0 fully saturated rings. The van der Waals surface area contributed by atoms with E-state index in [9.17, 15) is 4.39 Å². The van der Waals surface area contributed by atoms with Crippen LogP contribution in [-0.2, 0) is 13.5 Å². The highest BCUT2D eigenvalue weighted by Crippen LogP contribution is 2.37. The summed E-state index contributed by atoms with van der Waals surface area (Å²) in [6.45, 7) is 8.84. The summed E-state index contributed by atoms with van der Waals surface area (Å²) >= 11 is 0. The third-order valence-electron chi connectivity index (χ3n) is 5.02. The minimum Gasteiger partial charge on any atom is -0.455 e. The van der Waals surface area contributed by atoms with Gasteiger partial charge in [-0.25, -0.2) is 8.96 Å². The van der Waals surface area contributed by atoms with Crippen LogP contribution in [0.4, 0.5) is 4.39 Å². The highest BCUT2D eigenvalue weighted by atomic mass is 19.1. The van der Waals surface area contributed by atoms with Crippen LogP contribution in [0.5, 0.6) is 0 Å². The summed E-state index contributed by atoms with van der Waals surface area (Å²) in [6.07, 6.45) is 3.11. The fraction of sp³-hybridized carbons (Fsp3) is 0.292. The molecule has 27 heavy (non-hydrogen) atoms. The smallest absolute Gasteiger partial charge is 0.216 e. The highest BCUT2D eigenvalue weighted by Gasteiger charge is 2.22. The van der Waals surface area contributed by atoms with E-state index in [1.165, 1.54) is 17.7 Å². The van der Waals surface area contributed by atoms with Crippen molar-refractivity contribution in [3.8, 4) is 11.3 Å². The van der Waals surface area contributed by atoms with Crippen LogP contribution in [-0.4, -0.2) is 0 Å². The largest absolute Gasteiger partial charge is 0.455 e. The van der Waals surface area contributed by atoms with E-state index in [4.69, 9.17) is 4.42 Å². The molecule has 0 aliphatic heterocycles. The van der Waals surface area contributed by atoms with Crippen LogP contribution < -0.4 is 4.57 Å². The number of nitrogens with zero attached hydrogens (tertiary/aromatic N) is 1. The van der Waals surface area contributed by atoms with Crippen molar-refractivity contribution in [3.63, 3.8) is 0 Å². The molecular weight excluding hydrogens is 337 g/mol. The monoisotopic (exact) mass is 362 g/mol. The van der Waals surface area contributed by atoms with Crippen LogP contribution in [0.3, 0.4) is 0 Å². The molecule has 2 aromatic heterocycles. The van der Waals surface area contributed by atoms with Crippen molar-refractivity contribution in [2.45, 2.75) is 34.1 Å². The van der Waals surface area contributed by atoms with Crippen LogP contribution in [0.1, 0.15) is 31.9 Å². The lowest BCUT2D eigenvalue weighted by Gasteiger charge is -2.18. The Balaban J connectivity index is 2.00. The zero-order valence-electron chi connectivity index (χ0n) is 16.6. The quantitative estimate of drug-likeness (QED) is 0.393. The van der Waals surface area contributed by atoms with Crippen molar-refractivity contribution in [3.05, 3.63) is 65.6 Å². The molecular formula is C24H25FNO+. The number of hydrogen-bond donors (Lipinski definition) is 0. The molecule has 138 valence electrons. The Morgan fingerprint density at radius 2 is 1.74 bits per heavy atom. The first-order valence-electron chi connectivity index (χ1n) is 9.33. The number of rotatable bonds is 2. The van der Waals surface area contributed by atoms with Gasteiger partial charge in [0.1, 0.15) is 24.0 Å². The SMILES string of the molecule is Cc1ccc2c(oc3cc(F)ccc32)c1-c1cc(CC(C)(C)C)cc[n+]1C. The Kier molecular flexibility index (Phi) is 4.06. The number of furan rings is 1. The zero-order valence-corrected chi connectivity index (χ0v) is 16.6. The van der Waals surface area contributed by atoms with E-state index in [2.05, 4.69) is 69.8 Å². The average molecular weight is 362 g/mol. The van der Waals surface area contributed by atoms with E-state index in [1.807, 2.05) is 0 Å². The maximum atomic E-state index is 13.7. The van der Waals surface area contributed by atoms with Gasteiger partial charge >= 0.3 is 0 Å². The van der Waals surface area contributed by atoms with Crippen molar-refractivity contribution in [2.75, 3.05) is 0 Å². The van der Waals surface area contributed by atoms with Gasteiger partial charge in [0.05, 0.1) is 5.56 Å². The highest BCUT2D eigenvalue weighted by molar-refractivity contribution is 6.09. The van der Waals surface area contributed by atoms with E-state index < -0.39 is 0 Å². The topological polar surface area (TPSA) is 17.0 Å². The Bertz CT molecular complexity index is 1160. The number of aryl methyl sites for hydroxylation is 2. The van der Waals surface area contributed by atoms with Crippen molar-refractivity contribution in [2.24, 2.45) is 12.5 Å². The molecule has 4 rings (SSSR count).